The molecule has 0 saturated carbocycles. The molecular formula is C24H29ClN4O. The number of imidazole rings is 1. The zero-order chi connectivity index (χ0) is 21.3. The molecule has 1 N–H and O–H groups in total. The maximum absolute atomic E-state index is 13.4. The van der Waals surface area contributed by atoms with Gasteiger partial charge in [0, 0.05) is 18.1 Å². The standard InChI is InChI=1S/C24H29ClN4O/c1-4-16-13-14-18(25)17(5-2)22(16)27-24(30)29-15-9-12-21(29)23-26-19-10-7-8-11-20(19)28(23)6-3/h7-8,10-11,13-14,21H,4-6,9,12,15H2,1-3H3,(H,27,30). The third-order valence-electron chi connectivity index (χ3n) is 6.12. The maximum atomic E-state index is 13.4. The summed E-state index contributed by atoms with van der Waals surface area (Å²) in [5.74, 6) is 0.976. The minimum atomic E-state index is -0.0705. The van der Waals surface area contributed by atoms with Crippen LogP contribution in [-0.2, 0) is 19.4 Å². The number of para-hydroxylation sites is 2. The van der Waals surface area contributed by atoms with Crippen molar-refractivity contribution >= 4 is 34.4 Å². The molecule has 30 heavy (non-hydrogen) atoms. The number of nitrogens with one attached hydrogen (secondary N) is 1. The van der Waals surface area contributed by atoms with Crippen LogP contribution in [0.25, 0.3) is 11.0 Å². The summed E-state index contributed by atoms with van der Waals surface area (Å²) in [6.07, 6.45) is 3.52. The Balaban J connectivity index is 1.67. The van der Waals surface area contributed by atoms with E-state index < -0.39 is 0 Å². The van der Waals surface area contributed by atoms with Gasteiger partial charge in [0.1, 0.15) is 5.82 Å². The van der Waals surface area contributed by atoms with E-state index in [1.54, 1.807) is 0 Å². The average molecular weight is 425 g/mol. The van der Waals surface area contributed by atoms with E-state index in [1.165, 1.54) is 0 Å². The number of likely N-dealkylation sites (tertiary alicyclic amines) is 1. The molecule has 2 heterocycles. The zero-order valence-corrected chi connectivity index (χ0v) is 18.7. The van der Waals surface area contributed by atoms with Gasteiger partial charge in [-0.05, 0) is 61.9 Å². The van der Waals surface area contributed by atoms with E-state index in [2.05, 4.69) is 36.7 Å². The molecule has 1 fully saturated rings. The van der Waals surface area contributed by atoms with E-state index in [-0.39, 0.29) is 12.1 Å². The van der Waals surface area contributed by atoms with Gasteiger partial charge in [-0.3, -0.25) is 0 Å². The van der Waals surface area contributed by atoms with Crippen LogP contribution in [0.4, 0.5) is 10.5 Å². The van der Waals surface area contributed by atoms with E-state index in [0.29, 0.717) is 5.02 Å². The van der Waals surface area contributed by atoms with Crippen molar-refractivity contribution in [1.29, 1.82) is 0 Å². The number of amides is 2. The van der Waals surface area contributed by atoms with Crippen LogP contribution in [0.5, 0.6) is 0 Å². The third kappa shape index (κ3) is 3.56. The molecule has 4 rings (SSSR count). The summed E-state index contributed by atoms with van der Waals surface area (Å²) in [4.78, 5) is 20.2. The average Bonchev–Trinajstić information content (AvgIpc) is 3.38. The fourth-order valence-electron chi connectivity index (χ4n) is 4.60. The normalized spacial score (nSPS) is 16.4. The van der Waals surface area contributed by atoms with Crippen LogP contribution in [0.3, 0.4) is 0 Å². The first-order valence-electron chi connectivity index (χ1n) is 10.9. The summed E-state index contributed by atoms with van der Waals surface area (Å²) in [5, 5.41) is 3.90. The predicted molar refractivity (Wildman–Crippen MR) is 123 cm³/mol. The van der Waals surface area contributed by atoms with Crippen LogP contribution >= 0.6 is 11.6 Å². The molecule has 2 aromatic carbocycles. The molecule has 0 aliphatic carbocycles. The Morgan fingerprint density at radius 1 is 1.17 bits per heavy atom. The summed E-state index contributed by atoms with van der Waals surface area (Å²) >= 11 is 6.43. The number of hydrogen-bond donors (Lipinski definition) is 1. The lowest BCUT2D eigenvalue weighted by Gasteiger charge is -2.26. The van der Waals surface area contributed by atoms with Gasteiger partial charge >= 0.3 is 6.03 Å². The van der Waals surface area contributed by atoms with Gasteiger partial charge in [0.05, 0.1) is 22.8 Å². The number of hydrogen-bond acceptors (Lipinski definition) is 2. The highest BCUT2D eigenvalue weighted by Crippen LogP contribution is 2.35. The number of carbonyl (C=O) groups is 1. The second-order valence-corrected chi connectivity index (χ2v) is 8.16. The molecule has 158 valence electrons. The maximum Gasteiger partial charge on any atom is 0.322 e. The Kier molecular flexibility index (Phi) is 6.00. The molecular weight excluding hydrogens is 396 g/mol. The van der Waals surface area contributed by atoms with Crippen LogP contribution in [-0.4, -0.2) is 27.0 Å². The third-order valence-corrected chi connectivity index (χ3v) is 6.47. The van der Waals surface area contributed by atoms with Crippen molar-refractivity contribution in [3.05, 3.63) is 58.4 Å². The molecule has 3 aromatic rings. The van der Waals surface area contributed by atoms with E-state index in [0.717, 1.165) is 72.4 Å². The Bertz CT molecular complexity index is 1070. The van der Waals surface area contributed by atoms with Gasteiger partial charge in [-0.2, -0.15) is 0 Å². The number of anilines is 1. The number of benzene rings is 2. The molecule has 2 amide bonds. The molecule has 5 nitrogen and oxygen atoms in total. The van der Waals surface area contributed by atoms with Crippen molar-refractivity contribution in [2.75, 3.05) is 11.9 Å². The minimum absolute atomic E-state index is 0.0216. The number of urea groups is 1. The van der Waals surface area contributed by atoms with Crippen molar-refractivity contribution in [3.8, 4) is 0 Å². The number of rotatable bonds is 5. The van der Waals surface area contributed by atoms with Crippen molar-refractivity contribution < 1.29 is 4.79 Å². The highest BCUT2D eigenvalue weighted by molar-refractivity contribution is 6.32. The zero-order valence-electron chi connectivity index (χ0n) is 17.9. The van der Waals surface area contributed by atoms with Crippen LogP contribution < -0.4 is 5.32 Å². The van der Waals surface area contributed by atoms with Crippen molar-refractivity contribution in [3.63, 3.8) is 0 Å². The van der Waals surface area contributed by atoms with Gasteiger partial charge in [-0.1, -0.05) is 43.6 Å². The van der Waals surface area contributed by atoms with Crippen LogP contribution in [0.2, 0.25) is 5.02 Å². The second kappa shape index (κ2) is 8.68. The van der Waals surface area contributed by atoms with E-state index >= 15 is 0 Å². The van der Waals surface area contributed by atoms with Crippen molar-refractivity contribution in [1.82, 2.24) is 14.5 Å². The summed E-state index contributed by atoms with van der Waals surface area (Å²) in [7, 11) is 0. The highest BCUT2D eigenvalue weighted by Gasteiger charge is 2.34. The van der Waals surface area contributed by atoms with Gasteiger partial charge in [0.25, 0.3) is 0 Å². The predicted octanol–water partition coefficient (Wildman–Crippen LogP) is 6.20. The van der Waals surface area contributed by atoms with Crippen LogP contribution in [0.15, 0.2) is 36.4 Å². The molecule has 1 aliphatic rings. The lowest BCUT2D eigenvalue weighted by molar-refractivity contribution is 0.204. The number of carbonyl (C=O) groups excluding carboxylic acids is 1. The fourth-order valence-corrected chi connectivity index (χ4v) is 4.90. The molecule has 1 aromatic heterocycles. The molecule has 1 atom stereocenters. The van der Waals surface area contributed by atoms with Gasteiger partial charge in [-0.25, -0.2) is 9.78 Å². The van der Waals surface area contributed by atoms with E-state index in [4.69, 9.17) is 16.6 Å². The first-order valence-corrected chi connectivity index (χ1v) is 11.3. The Labute approximate surface area is 183 Å². The van der Waals surface area contributed by atoms with Crippen molar-refractivity contribution in [2.24, 2.45) is 0 Å². The van der Waals surface area contributed by atoms with Gasteiger partial charge in [0.15, 0.2) is 0 Å². The summed E-state index contributed by atoms with van der Waals surface area (Å²) < 4.78 is 2.24. The summed E-state index contributed by atoms with van der Waals surface area (Å²) in [5.41, 5.74) is 5.09. The largest absolute Gasteiger partial charge is 0.327 e. The van der Waals surface area contributed by atoms with Crippen LogP contribution in [0.1, 0.15) is 56.6 Å². The quantitative estimate of drug-likeness (QED) is 0.529. The Hall–Kier alpha value is -2.53. The minimum Gasteiger partial charge on any atom is -0.327 e. The molecule has 1 aliphatic heterocycles. The number of fused-ring (bicyclic) bond motifs is 1. The molecule has 0 radical (unpaired) electrons. The van der Waals surface area contributed by atoms with Crippen molar-refractivity contribution in [2.45, 2.75) is 59.0 Å². The molecule has 1 unspecified atom stereocenters. The second-order valence-electron chi connectivity index (χ2n) is 7.75. The van der Waals surface area contributed by atoms with E-state index in [9.17, 15) is 4.79 Å². The highest BCUT2D eigenvalue weighted by atomic mass is 35.5. The molecule has 6 heteroatoms. The lowest BCUT2D eigenvalue weighted by Crippen LogP contribution is -2.36. The molecule has 0 spiro atoms. The fraction of sp³-hybridized carbons (Fsp3) is 0.417. The van der Waals surface area contributed by atoms with Crippen LogP contribution in [0, 0.1) is 0 Å². The smallest absolute Gasteiger partial charge is 0.322 e. The number of nitrogens with zero attached hydrogens (tertiary/aromatic N) is 3. The topological polar surface area (TPSA) is 50.2 Å². The number of halogens is 1. The number of aryl methyl sites for hydroxylation is 2. The first-order chi connectivity index (χ1) is 14.6. The van der Waals surface area contributed by atoms with Gasteiger partial charge in [0.2, 0.25) is 0 Å². The Morgan fingerprint density at radius 2 is 1.97 bits per heavy atom. The SMILES string of the molecule is CCc1ccc(Cl)c(CC)c1NC(=O)N1CCCC1c1nc2ccccc2n1CC. The summed E-state index contributed by atoms with van der Waals surface area (Å²) in [6.45, 7) is 7.85. The monoisotopic (exact) mass is 424 g/mol. The van der Waals surface area contributed by atoms with E-state index in [1.807, 2.05) is 35.2 Å². The molecule has 1 saturated heterocycles. The summed E-state index contributed by atoms with van der Waals surface area (Å²) in [6, 6.07) is 12.0. The van der Waals surface area contributed by atoms with Gasteiger partial charge in [-0.15, -0.1) is 0 Å². The Morgan fingerprint density at radius 3 is 2.70 bits per heavy atom. The first kappa shape index (κ1) is 20.7. The van der Waals surface area contributed by atoms with Gasteiger partial charge < -0.3 is 14.8 Å². The lowest BCUT2D eigenvalue weighted by atomic mass is 10.0. The number of aromatic nitrogens is 2. The molecule has 0 bridgehead atoms.